The molecule has 4 heteroatoms. The molecule has 2 rings (SSSR count). The highest BCUT2D eigenvalue weighted by Crippen LogP contribution is 2.30. The lowest BCUT2D eigenvalue weighted by molar-refractivity contribution is 0.615. The molecule has 0 saturated carbocycles. The number of nitrogens with zero attached hydrogens (tertiary/aromatic N) is 3. The summed E-state index contributed by atoms with van der Waals surface area (Å²) in [6.45, 7) is 2.24. The van der Waals surface area contributed by atoms with Crippen molar-refractivity contribution in [2.24, 2.45) is 10.7 Å². The second kappa shape index (κ2) is 5.08. The van der Waals surface area contributed by atoms with E-state index in [9.17, 15) is 0 Å². The summed E-state index contributed by atoms with van der Waals surface area (Å²) in [6, 6.07) is 8.19. The first-order chi connectivity index (χ1) is 8.18. The minimum atomic E-state index is 0.539. The Labute approximate surface area is 103 Å². The summed E-state index contributed by atoms with van der Waals surface area (Å²) in [5.74, 6) is 0.539. The number of hydrogen-bond acceptors (Lipinski definition) is 2. The third-order valence-corrected chi connectivity index (χ3v) is 3.02. The van der Waals surface area contributed by atoms with Gasteiger partial charge in [-0.1, -0.05) is 12.1 Å². The van der Waals surface area contributed by atoms with Crippen LogP contribution in [0.2, 0.25) is 0 Å². The molecule has 0 unspecified atom stereocenters. The molecule has 1 aromatic carbocycles. The van der Waals surface area contributed by atoms with E-state index >= 15 is 0 Å². The molecule has 1 fully saturated rings. The summed E-state index contributed by atoms with van der Waals surface area (Å²) in [5.41, 5.74) is 8.02. The molecule has 1 saturated heterocycles. The Hall–Kier alpha value is -1.71. The van der Waals surface area contributed by atoms with E-state index in [0.29, 0.717) is 5.96 Å². The van der Waals surface area contributed by atoms with Gasteiger partial charge in [0.2, 0.25) is 0 Å². The molecule has 1 aliphatic heterocycles. The molecule has 0 amide bonds. The standard InChI is InChI=1S/C13H20N4/c1-16(2)13(14)15-11-7-3-4-8-12(11)17-9-5-6-10-17/h3-4,7-8H,5-6,9-10H2,1-2H3,(H2,14,15). The normalized spacial score (nSPS) is 16.4. The predicted molar refractivity (Wildman–Crippen MR) is 72.9 cm³/mol. The Kier molecular flexibility index (Phi) is 3.52. The highest BCUT2D eigenvalue weighted by molar-refractivity contribution is 5.83. The number of nitrogens with two attached hydrogens (primary N) is 1. The summed E-state index contributed by atoms with van der Waals surface area (Å²) in [7, 11) is 3.80. The van der Waals surface area contributed by atoms with Gasteiger partial charge in [-0.05, 0) is 25.0 Å². The SMILES string of the molecule is CN(C)C(N)=Nc1ccccc1N1CCCC1. The van der Waals surface area contributed by atoms with Gasteiger partial charge >= 0.3 is 0 Å². The van der Waals surface area contributed by atoms with Crippen molar-refractivity contribution >= 4 is 17.3 Å². The zero-order valence-electron chi connectivity index (χ0n) is 10.6. The minimum Gasteiger partial charge on any atom is -0.370 e. The van der Waals surface area contributed by atoms with Crippen LogP contribution in [0.15, 0.2) is 29.3 Å². The number of benzene rings is 1. The van der Waals surface area contributed by atoms with Gasteiger partial charge < -0.3 is 15.5 Å². The van der Waals surface area contributed by atoms with Crippen molar-refractivity contribution in [3.05, 3.63) is 24.3 Å². The van der Waals surface area contributed by atoms with E-state index in [-0.39, 0.29) is 0 Å². The van der Waals surface area contributed by atoms with Crippen LogP contribution in [0.3, 0.4) is 0 Å². The summed E-state index contributed by atoms with van der Waals surface area (Å²) < 4.78 is 0. The maximum Gasteiger partial charge on any atom is 0.196 e. The molecule has 2 N–H and O–H groups in total. The maximum absolute atomic E-state index is 5.87. The van der Waals surface area contributed by atoms with Crippen LogP contribution in [0, 0.1) is 0 Å². The molecular formula is C13H20N4. The van der Waals surface area contributed by atoms with E-state index in [1.165, 1.54) is 18.5 Å². The lowest BCUT2D eigenvalue weighted by Gasteiger charge is -2.20. The fourth-order valence-corrected chi connectivity index (χ4v) is 2.01. The monoisotopic (exact) mass is 232 g/mol. The van der Waals surface area contributed by atoms with Gasteiger partial charge in [0.05, 0.1) is 11.4 Å². The topological polar surface area (TPSA) is 44.9 Å². The van der Waals surface area contributed by atoms with Gasteiger partial charge in [0, 0.05) is 27.2 Å². The minimum absolute atomic E-state index is 0.539. The molecule has 0 atom stereocenters. The van der Waals surface area contributed by atoms with Gasteiger partial charge in [0.15, 0.2) is 5.96 Å². The van der Waals surface area contributed by atoms with Crippen molar-refractivity contribution in [3.63, 3.8) is 0 Å². The van der Waals surface area contributed by atoms with E-state index in [0.717, 1.165) is 18.8 Å². The van der Waals surface area contributed by atoms with Gasteiger partial charge in [-0.15, -0.1) is 0 Å². The molecule has 1 heterocycles. The molecule has 0 aliphatic carbocycles. The number of rotatable bonds is 2. The fraction of sp³-hybridized carbons (Fsp3) is 0.462. The van der Waals surface area contributed by atoms with E-state index < -0.39 is 0 Å². The molecule has 0 radical (unpaired) electrons. The van der Waals surface area contributed by atoms with Gasteiger partial charge in [-0.25, -0.2) is 4.99 Å². The molecule has 17 heavy (non-hydrogen) atoms. The quantitative estimate of drug-likeness (QED) is 0.624. The second-order valence-corrected chi connectivity index (χ2v) is 4.55. The zero-order valence-corrected chi connectivity index (χ0v) is 10.6. The molecule has 0 spiro atoms. The number of anilines is 1. The summed E-state index contributed by atoms with van der Waals surface area (Å²) in [5, 5.41) is 0. The third kappa shape index (κ3) is 2.70. The molecule has 0 bridgehead atoms. The number of guanidine groups is 1. The molecule has 1 aliphatic rings. The van der Waals surface area contributed by atoms with Crippen LogP contribution in [-0.2, 0) is 0 Å². The van der Waals surface area contributed by atoms with E-state index in [1.54, 1.807) is 0 Å². The van der Waals surface area contributed by atoms with Crippen LogP contribution in [0.1, 0.15) is 12.8 Å². The molecule has 4 nitrogen and oxygen atoms in total. The van der Waals surface area contributed by atoms with Gasteiger partial charge in [0.25, 0.3) is 0 Å². The Balaban J connectivity index is 2.30. The van der Waals surface area contributed by atoms with E-state index in [2.05, 4.69) is 22.0 Å². The second-order valence-electron chi connectivity index (χ2n) is 4.55. The van der Waals surface area contributed by atoms with Crippen molar-refractivity contribution in [1.29, 1.82) is 0 Å². The number of aliphatic imine (C=N–C) groups is 1. The maximum atomic E-state index is 5.87. The molecule has 0 aromatic heterocycles. The highest BCUT2D eigenvalue weighted by Gasteiger charge is 2.15. The van der Waals surface area contributed by atoms with E-state index in [4.69, 9.17) is 5.73 Å². The van der Waals surface area contributed by atoms with Gasteiger partial charge in [0.1, 0.15) is 0 Å². The Morgan fingerprint density at radius 1 is 1.24 bits per heavy atom. The average molecular weight is 232 g/mol. The van der Waals surface area contributed by atoms with Crippen molar-refractivity contribution < 1.29 is 0 Å². The van der Waals surface area contributed by atoms with Crippen LogP contribution < -0.4 is 10.6 Å². The van der Waals surface area contributed by atoms with Crippen LogP contribution in [0.25, 0.3) is 0 Å². The van der Waals surface area contributed by atoms with Gasteiger partial charge in [-0.2, -0.15) is 0 Å². The molecule has 1 aromatic rings. The lowest BCUT2D eigenvalue weighted by Crippen LogP contribution is -2.30. The molecular weight excluding hydrogens is 212 g/mol. The summed E-state index contributed by atoms with van der Waals surface area (Å²) >= 11 is 0. The predicted octanol–water partition coefficient (Wildman–Crippen LogP) is 1.79. The van der Waals surface area contributed by atoms with Crippen molar-refractivity contribution in [3.8, 4) is 0 Å². The van der Waals surface area contributed by atoms with Crippen LogP contribution in [-0.4, -0.2) is 38.0 Å². The first kappa shape index (κ1) is 11.8. The van der Waals surface area contributed by atoms with Crippen molar-refractivity contribution in [1.82, 2.24) is 4.90 Å². The van der Waals surface area contributed by atoms with Crippen molar-refractivity contribution in [2.45, 2.75) is 12.8 Å². The van der Waals surface area contributed by atoms with E-state index in [1.807, 2.05) is 31.1 Å². The Bertz CT molecular complexity index is 406. The van der Waals surface area contributed by atoms with Gasteiger partial charge in [-0.3, -0.25) is 0 Å². The van der Waals surface area contributed by atoms with Crippen LogP contribution in [0.5, 0.6) is 0 Å². The Morgan fingerprint density at radius 3 is 2.53 bits per heavy atom. The highest BCUT2D eigenvalue weighted by atomic mass is 15.2. The van der Waals surface area contributed by atoms with Crippen molar-refractivity contribution in [2.75, 3.05) is 32.1 Å². The average Bonchev–Trinajstić information content (AvgIpc) is 2.83. The molecule has 92 valence electrons. The first-order valence-corrected chi connectivity index (χ1v) is 6.04. The lowest BCUT2D eigenvalue weighted by atomic mass is 10.2. The zero-order chi connectivity index (χ0) is 12.3. The summed E-state index contributed by atoms with van der Waals surface area (Å²) in [4.78, 5) is 8.68. The third-order valence-electron chi connectivity index (χ3n) is 3.02. The first-order valence-electron chi connectivity index (χ1n) is 6.04. The number of para-hydroxylation sites is 2. The Morgan fingerprint density at radius 2 is 1.88 bits per heavy atom. The van der Waals surface area contributed by atoms with Crippen LogP contribution in [0.4, 0.5) is 11.4 Å². The number of hydrogen-bond donors (Lipinski definition) is 1. The van der Waals surface area contributed by atoms with Crippen LogP contribution >= 0.6 is 0 Å². The fourth-order valence-electron chi connectivity index (χ4n) is 2.01. The largest absolute Gasteiger partial charge is 0.370 e. The summed E-state index contributed by atoms with van der Waals surface area (Å²) in [6.07, 6.45) is 2.53. The smallest absolute Gasteiger partial charge is 0.196 e.